The van der Waals surface area contributed by atoms with E-state index in [0.717, 1.165) is 11.1 Å². The highest BCUT2D eigenvalue weighted by atomic mass is 35.5. The van der Waals surface area contributed by atoms with E-state index in [1.165, 1.54) is 24.3 Å². The summed E-state index contributed by atoms with van der Waals surface area (Å²) in [6.07, 6.45) is 0. The second kappa shape index (κ2) is 9.19. The molecule has 0 fully saturated rings. The Morgan fingerprint density at radius 1 is 0.933 bits per heavy atom. The molecule has 0 heterocycles. The Labute approximate surface area is 180 Å². The van der Waals surface area contributed by atoms with E-state index in [-0.39, 0.29) is 17.4 Å². The fourth-order valence-electron chi connectivity index (χ4n) is 2.57. The Morgan fingerprint density at radius 2 is 1.57 bits per heavy atom. The minimum Gasteiger partial charge on any atom is -0.484 e. The summed E-state index contributed by atoms with van der Waals surface area (Å²) >= 11 is 6.04. The predicted octanol–water partition coefficient (Wildman–Crippen LogP) is 4.78. The maximum Gasteiger partial charge on any atom is 0.262 e. The Bertz CT molecular complexity index is 1140. The second-order valence-corrected chi connectivity index (χ2v) is 8.83. The molecule has 156 valence electrons. The van der Waals surface area contributed by atoms with Gasteiger partial charge in [-0.25, -0.2) is 8.42 Å². The molecule has 3 aromatic carbocycles. The van der Waals surface area contributed by atoms with Gasteiger partial charge in [-0.2, -0.15) is 0 Å². The highest BCUT2D eigenvalue weighted by Crippen LogP contribution is 2.21. The number of carbonyl (C=O) groups is 1. The normalized spacial score (nSPS) is 11.0. The molecule has 0 saturated carbocycles. The van der Waals surface area contributed by atoms with Gasteiger partial charge < -0.3 is 10.1 Å². The van der Waals surface area contributed by atoms with Crippen molar-refractivity contribution in [2.24, 2.45) is 0 Å². The van der Waals surface area contributed by atoms with E-state index in [1.54, 1.807) is 24.3 Å². The highest BCUT2D eigenvalue weighted by molar-refractivity contribution is 7.92. The van der Waals surface area contributed by atoms with Crippen molar-refractivity contribution in [1.29, 1.82) is 0 Å². The molecule has 0 aliphatic carbocycles. The summed E-state index contributed by atoms with van der Waals surface area (Å²) in [6, 6.07) is 18.1. The molecular weight excluding hydrogens is 424 g/mol. The van der Waals surface area contributed by atoms with Crippen LogP contribution < -0.4 is 14.8 Å². The van der Waals surface area contributed by atoms with Gasteiger partial charge in [-0.3, -0.25) is 9.52 Å². The van der Waals surface area contributed by atoms with E-state index >= 15 is 0 Å². The van der Waals surface area contributed by atoms with E-state index in [1.807, 2.05) is 32.0 Å². The molecule has 3 aromatic rings. The number of carbonyl (C=O) groups excluding carboxylic acids is 1. The lowest BCUT2D eigenvalue weighted by Crippen LogP contribution is -2.20. The van der Waals surface area contributed by atoms with Crippen molar-refractivity contribution in [3.63, 3.8) is 0 Å². The van der Waals surface area contributed by atoms with E-state index in [2.05, 4.69) is 10.0 Å². The van der Waals surface area contributed by atoms with Crippen LogP contribution in [0.1, 0.15) is 11.1 Å². The van der Waals surface area contributed by atoms with Crippen molar-refractivity contribution < 1.29 is 17.9 Å². The van der Waals surface area contributed by atoms with E-state index in [9.17, 15) is 13.2 Å². The zero-order chi connectivity index (χ0) is 21.7. The molecule has 0 bridgehead atoms. The molecule has 0 saturated heterocycles. The number of hydrogen-bond acceptors (Lipinski definition) is 4. The summed E-state index contributed by atoms with van der Waals surface area (Å²) in [5.41, 5.74) is 3.00. The van der Waals surface area contributed by atoms with Crippen LogP contribution in [0.2, 0.25) is 5.02 Å². The number of anilines is 2. The number of hydrogen-bond donors (Lipinski definition) is 2. The summed E-state index contributed by atoms with van der Waals surface area (Å²) in [5.74, 6) is 0.0222. The summed E-state index contributed by atoms with van der Waals surface area (Å²) in [6.45, 7) is 3.57. The summed E-state index contributed by atoms with van der Waals surface area (Å²) < 4.78 is 32.9. The molecule has 8 heteroatoms. The van der Waals surface area contributed by atoms with Gasteiger partial charge in [0.1, 0.15) is 5.75 Å². The quantitative estimate of drug-likeness (QED) is 0.549. The first-order valence-electron chi connectivity index (χ1n) is 9.11. The number of sulfonamides is 1. The van der Waals surface area contributed by atoms with Crippen molar-refractivity contribution in [2.45, 2.75) is 18.7 Å². The molecule has 2 N–H and O–H groups in total. The third kappa shape index (κ3) is 5.75. The van der Waals surface area contributed by atoms with Gasteiger partial charge in [0.2, 0.25) is 0 Å². The van der Waals surface area contributed by atoms with Crippen LogP contribution in [-0.2, 0) is 14.8 Å². The zero-order valence-corrected chi connectivity index (χ0v) is 18.0. The van der Waals surface area contributed by atoms with Crippen LogP contribution in [-0.4, -0.2) is 20.9 Å². The molecule has 0 aliphatic rings. The van der Waals surface area contributed by atoms with Crippen LogP contribution in [0, 0.1) is 13.8 Å². The third-order valence-electron chi connectivity index (χ3n) is 4.26. The van der Waals surface area contributed by atoms with Crippen molar-refractivity contribution in [3.05, 3.63) is 82.9 Å². The van der Waals surface area contributed by atoms with Gasteiger partial charge in [0, 0.05) is 16.4 Å². The molecular formula is C22H21ClN2O4S. The largest absolute Gasteiger partial charge is 0.484 e. The lowest BCUT2D eigenvalue weighted by Gasteiger charge is -2.10. The standard InChI is InChI=1S/C22H21ClN2O4S/c1-15-3-6-17(7-4-15)25-30(27,28)20-11-9-19(10-12-20)29-14-22(26)24-18-8-5-16(2)21(23)13-18/h3-13,25H,14H2,1-2H3,(H,24,26). The average Bonchev–Trinajstić information content (AvgIpc) is 2.71. The summed E-state index contributed by atoms with van der Waals surface area (Å²) in [7, 11) is -3.72. The average molecular weight is 445 g/mol. The van der Waals surface area contributed by atoms with E-state index in [0.29, 0.717) is 22.1 Å². The minimum atomic E-state index is -3.72. The number of benzene rings is 3. The number of rotatable bonds is 7. The Hall–Kier alpha value is -3.03. The number of ether oxygens (including phenoxy) is 1. The van der Waals surface area contributed by atoms with Gasteiger partial charge >= 0.3 is 0 Å². The van der Waals surface area contributed by atoms with Crippen LogP contribution in [0.5, 0.6) is 5.75 Å². The molecule has 1 amide bonds. The van der Waals surface area contributed by atoms with Crippen LogP contribution in [0.4, 0.5) is 11.4 Å². The first kappa shape index (κ1) is 21.7. The van der Waals surface area contributed by atoms with Gasteiger partial charge in [0.15, 0.2) is 6.61 Å². The molecule has 0 atom stereocenters. The minimum absolute atomic E-state index is 0.0918. The smallest absolute Gasteiger partial charge is 0.262 e. The molecule has 0 aromatic heterocycles. The fourth-order valence-corrected chi connectivity index (χ4v) is 3.81. The maximum absolute atomic E-state index is 12.5. The van der Waals surface area contributed by atoms with Crippen molar-refractivity contribution in [1.82, 2.24) is 0 Å². The molecule has 3 rings (SSSR count). The van der Waals surface area contributed by atoms with Crippen LogP contribution in [0.3, 0.4) is 0 Å². The summed E-state index contributed by atoms with van der Waals surface area (Å²) in [4.78, 5) is 12.1. The first-order valence-corrected chi connectivity index (χ1v) is 11.0. The first-order chi connectivity index (χ1) is 14.2. The Morgan fingerprint density at radius 3 is 2.20 bits per heavy atom. The predicted molar refractivity (Wildman–Crippen MR) is 119 cm³/mol. The molecule has 0 aliphatic heterocycles. The van der Waals surface area contributed by atoms with Crippen LogP contribution >= 0.6 is 11.6 Å². The molecule has 0 unspecified atom stereocenters. The number of amides is 1. The SMILES string of the molecule is Cc1ccc(NS(=O)(=O)c2ccc(OCC(=O)Nc3ccc(C)c(Cl)c3)cc2)cc1. The lowest BCUT2D eigenvalue weighted by atomic mass is 10.2. The van der Waals surface area contributed by atoms with Gasteiger partial charge in [-0.1, -0.05) is 35.4 Å². The summed E-state index contributed by atoms with van der Waals surface area (Å²) in [5, 5.41) is 3.25. The fraction of sp³-hybridized carbons (Fsp3) is 0.136. The topological polar surface area (TPSA) is 84.5 Å². The molecule has 0 spiro atoms. The molecule has 6 nitrogen and oxygen atoms in total. The Balaban J connectivity index is 1.57. The van der Waals surface area contributed by atoms with Gasteiger partial charge in [0.25, 0.3) is 15.9 Å². The highest BCUT2D eigenvalue weighted by Gasteiger charge is 2.14. The lowest BCUT2D eigenvalue weighted by molar-refractivity contribution is -0.118. The van der Waals surface area contributed by atoms with Crippen LogP contribution in [0.25, 0.3) is 0 Å². The second-order valence-electron chi connectivity index (χ2n) is 6.74. The zero-order valence-electron chi connectivity index (χ0n) is 16.5. The monoisotopic (exact) mass is 444 g/mol. The maximum atomic E-state index is 12.5. The van der Waals surface area contributed by atoms with Crippen molar-refractivity contribution in [3.8, 4) is 5.75 Å². The third-order valence-corrected chi connectivity index (χ3v) is 6.07. The van der Waals surface area contributed by atoms with Crippen molar-refractivity contribution >= 4 is 38.9 Å². The van der Waals surface area contributed by atoms with E-state index < -0.39 is 10.0 Å². The number of halogens is 1. The number of nitrogens with one attached hydrogen (secondary N) is 2. The van der Waals surface area contributed by atoms with Crippen molar-refractivity contribution in [2.75, 3.05) is 16.6 Å². The van der Waals surface area contributed by atoms with Gasteiger partial charge in [-0.05, 0) is 67.9 Å². The Kier molecular flexibility index (Phi) is 6.64. The number of aryl methyl sites for hydroxylation is 2. The molecule has 30 heavy (non-hydrogen) atoms. The van der Waals surface area contributed by atoms with Gasteiger partial charge in [-0.15, -0.1) is 0 Å². The molecule has 0 radical (unpaired) electrons. The van der Waals surface area contributed by atoms with Gasteiger partial charge in [0.05, 0.1) is 4.90 Å². The van der Waals surface area contributed by atoms with Crippen LogP contribution in [0.15, 0.2) is 71.6 Å². The van der Waals surface area contributed by atoms with E-state index in [4.69, 9.17) is 16.3 Å².